The molecule has 7 nitrogen and oxygen atoms in total. The summed E-state index contributed by atoms with van der Waals surface area (Å²) in [4.78, 5) is 36.6. The lowest BCUT2D eigenvalue weighted by molar-refractivity contribution is -0.127. The molecule has 22 heavy (non-hydrogen) atoms. The van der Waals surface area contributed by atoms with Crippen LogP contribution in [0, 0.1) is 11.8 Å². The Balaban J connectivity index is 2.20. The van der Waals surface area contributed by atoms with Crippen LogP contribution in [0.1, 0.15) is 33.6 Å². The second-order valence-corrected chi connectivity index (χ2v) is 5.70. The molecular formula is C15H27N3O4. The topological polar surface area (TPSA) is 87.7 Å². The molecule has 126 valence electrons. The van der Waals surface area contributed by atoms with E-state index in [-0.39, 0.29) is 29.7 Å². The summed E-state index contributed by atoms with van der Waals surface area (Å²) in [5.74, 6) is -0.159. The number of piperidine rings is 1. The average molecular weight is 313 g/mol. The summed E-state index contributed by atoms with van der Waals surface area (Å²) in [6.45, 7) is 7.73. The van der Waals surface area contributed by atoms with E-state index in [4.69, 9.17) is 4.74 Å². The van der Waals surface area contributed by atoms with Crippen molar-refractivity contribution in [2.24, 2.45) is 11.8 Å². The van der Waals surface area contributed by atoms with Crippen LogP contribution in [0.25, 0.3) is 0 Å². The molecule has 1 aliphatic rings. The highest BCUT2D eigenvalue weighted by Crippen LogP contribution is 2.17. The summed E-state index contributed by atoms with van der Waals surface area (Å²) < 4.78 is 4.94. The number of hydrogen-bond donors (Lipinski definition) is 2. The van der Waals surface area contributed by atoms with Gasteiger partial charge in [0.15, 0.2) is 0 Å². The number of rotatable bonds is 6. The average Bonchev–Trinajstić information content (AvgIpc) is 2.51. The van der Waals surface area contributed by atoms with E-state index in [0.29, 0.717) is 45.6 Å². The fourth-order valence-electron chi connectivity index (χ4n) is 2.26. The van der Waals surface area contributed by atoms with Crippen molar-refractivity contribution < 1.29 is 19.1 Å². The monoisotopic (exact) mass is 313 g/mol. The van der Waals surface area contributed by atoms with Crippen LogP contribution in [0.4, 0.5) is 4.79 Å². The van der Waals surface area contributed by atoms with Crippen LogP contribution < -0.4 is 10.6 Å². The van der Waals surface area contributed by atoms with Crippen molar-refractivity contribution in [2.75, 3.05) is 32.8 Å². The molecule has 1 aliphatic heterocycles. The van der Waals surface area contributed by atoms with Gasteiger partial charge < -0.3 is 20.3 Å². The number of ether oxygens (including phenoxy) is 1. The predicted octanol–water partition coefficient (Wildman–Crippen LogP) is 0.743. The first-order chi connectivity index (χ1) is 10.5. The van der Waals surface area contributed by atoms with Gasteiger partial charge >= 0.3 is 6.09 Å². The third-order valence-corrected chi connectivity index (χ3v) is 3.64. The van der Waals surface area contributed by atoms with Crippen molar-refractivity contribution in [3.8, 4) is 0 Å². The summed E-state index contributed by atoms with van der Waals surface area (Å²) in [6.07, 6.45) is 0.976. The number of carbonyl (C=O) groups excluding carboxylic acids is 3. The molecule has 0 aromatic rings. The zero-order valence-electron chi connectivity index (χ0n) is 13.7. The summed E-state index contributed by atoms with van der Waals surface area (Å²) in [5, 5.41) is 5.58. The van der Waals surface area contributed by atoms with E-state index in [1.165, 1.54) is 0 Å². The van der Waals surface area contributed by atoms with E-state index in [0.717, 1.165) is 0 Å². The molecule has 1 heterocycles. The van der Waals surface area contributed by atoms with E-state index >= 15 is 0 Å². The van der Waals surface area contributed by atoms with Gasteiger partial charge in [-0.05, 0) is 19.8 Å². The van der Waals surface area contributed by atoms with Crippen LogP contribution in [0.3, 0.4) is 0 Å². The molecule has 1 rings (SSSR count). The smallest absolute Gasteiger partial charge is 0.409 e. The van der Waals surface area contributed by atoms with Gasteiger partial charge in [-0.3, -0.25) is 9.59 Å². The normalized spacial score (nSPS) is 15.5. The molecule has 0 radical (unpaired) electrons. The molecule has 1 saturated heterocycles. The van der Waals surface area contributed by atoms with Crippen molar-refractivity contribution in [3.63, 3.8) is 0 Å². The molecule has 0 unspecified atom stereocenters. The Labute approximate surface area is 131 Å². The minimum absolute atomic E-state index is 0.0118. The van der Waals surface area contributed by atoms with E-state index in [9.17, 15) is 14.4 Å². The quantitative estimate of drug-likeness (QED) is 0.708. The van der Waals surface area contributed by atoms with Crippen molar-refractivity contribution in [2.45, 2.75) is 33.6 Å². The Hall–Kier alpha value is -1.79. The van der Waals surface area contributed by atoms with E-state index in [1.54, 1.807) is 11.8 Å². The van der Waals surface area contributed by atoms with Gasteiger partial charge in [0.05, 0.1) is 6.61 Å². The van der Waals surface area contributed by atoms with Gasteiger partial charge in [-0.15, -0.1) is 0 Å². The van der Waals surface area contributed by atoms with Crippen molar-refractivity contribution >= 4 is 17.9 Å². The Kier molecular flexibility index (Phi) is 7.70. The SMILES string of the molecule is CCOC(=O)N1CCC(C(=O)NCCNC(=O)C(C)C)CC1. The van der Waals surface area contributed by atoms with Crippen LogP contribution in [0.5, 0.6) is 0 Å². The molecule has 7 heteroatoms. The molecule has 0 spiro atoms. The Morgan fingerprint density at radius 2 is 1.73 bits per heavy atom. The highest BCUT2D eigenvalue weighted by atomic mass is 16.6. The highest BCUT2D eigenvalue weighted by molar-refractivity contribution is 5.79. The second kappa shape index (κ2) is 9.27. The minimum atomic E-state index is -0.308. The van der Waals surface area contributed by atoms with Gasteiger partial charge in [0, 0.05) is 38.0 Å². The zero-order chi connectivity index (χ0) is 16.5. The van der Waals surface area contributed by atoms with Gasteiger partial charge in [-0.1, -0.05) is 13.8 Å². The van der Waals surface area contributed by atoms with E-state index in [1.807, 2.05) is 13.8 Å². The zero-order valence-corrected chi connectivity index (χ0v) is 13.7. The Morgan fingerprint density at radius 1 is 1.14 bits per heavy atom. The van der Waals surface area contributed by atoms with Crippen LogP contribution >= 0.6 is 0 Å². The number of amides is 3. The molecule has 0 atom stereocenters. The third kappa shape index (κ3) is 5.91. The summed E-state index contributed by atoms with van der Waals surface area (Å²) >= 11 is 0. The molecule has 0 aliphatic carbocycles. The van der Waals surface area contributed by atoms with Crippen molar-refractivity contribution in [3.05, 3.63) is 0 Å². The molecule has 1 fully saturated rings. The lowest BCUT2D eigenvalue weighted by Gasteiger charge is -2.30. The van der Waals surface area contributed by atoms with Crippen molar-refractivity contribution in [1.82, 2.24) is 15.5 Å². The number of nitrogens with zero attached hydrogens (tertiary/aromatic N) is 1. The molecule has 0 bridgehead atoms. The lowest BCUT2D eigenvalue weighted by atomic mass is 9.96. The van der Waals surface area contributed by atoms with Crippen LogP contribution in [0.15, 0.2) is 0 Å². The van der Waals surface area contributed by atoms with Gasteiger partial charge in [0.1, 0.15) is 0 Å². The molecule has 0 aromatic carbocycles. The Bertz CT molecular complexity index is 390. The second-order valence-electron chi connectivity index (χ2n) is 5.70. The maximum Gasteiger partial charge on any atom is 0.409 e. The van der Waals surface area contributed by atoms with Gasteiger partial charge in [-0.25, -0.2) is 4.79 Å². The van der Waals surface area contributed by atoms with Gasteiger partial charge in [-0.2, -0.15) is 0 Å². The summed E-state index contributed by atoms with van der Waals surface area (Å²) in [6, 6.07) is 0. The highest BCUT2D eigenvalue weighted by Gasteiger charge is 2.27. The predicted molar refractivity (Wildman–Crippen MR) is 82.2 cm³/mol. The number of likely N-dealkylation sites (tertiary alicyclic amines) is 1. The van der Waals surface area contributed by atoms with Crippen molar-refractivity contribution in [1.29, 1.82) is 0 Å². The fourth-order valence-corrected chi connectivity index (χ4v) is 2.26. The van der Waals surface area contributed by atoms with E-state index < -0.39 is 0 Å². The fraction of sp³-hybridized carbons (Fsp3) is 0.800. The molecule has 0 aromatic heterocycles. The largest absolute Gasteiger partial charge is 0.450 e. The summed E-state index contributed by atoms with van der Waals surface area (Å²) in [7, 11) is 0. The maximum absolute atomic E-state index is 12.0. The molecular weight excluding hydrogens is 286 g/mol. The number of hydrogen-bond acceptors (Lipinski definition) is 4. The summed E-state index contributed by atoms with van der Waals surface area (Å²) in [5.41, 5.74) is 0. The van der Waals surface area contributed by atoms with E-state index in [2.05, 4.69) is 10.6 Å². The molecule has 0 saturated carbocycles. The standard InChI is InChI=1S/C15H27N3O4/c1-4-22-15(21)18-9-5-12(6-10-18)14(20)17-8-7-16-13(19)11(2)3/h11-12H,4-10H2,1-3H3,(H,16,19)(H,17,20). The first kappa shape index (κ1) is 18.3. The van der Waals surface area contributed by atoms with Crippen LogP contribution in [-0.4, -0.2) is 55.6 Å². The first-order valence-corrected chi connectivity index (χ1v) is 7.92. The van der Waals surface area contributed by atoms with Crippen LogP contribution in [0.2, 0.25) is 0 Å². The number of carbonyl (C=O) groups is 3. The maximum atomic E-state index is 12.0. The first-order valence-electron chi connectivity index (χ1n) is 7.92. The van der Waals surface area contributed by atoms with Gasteiger partial charge in [0.2, 0.25) is 11.8 Å². The van der Waals surface area contributed by atoms with Crippen LogP contribution in [-0.2, 0) is 14.3 Å². The van der Waals surface area contributed by atoms with Gasteiger partial charge in [0.25, 0.3) is 0 Å². The Morgan fingerprint density at radius 3 is 2.27 bits per heavy atom. The molecule has 3 amide bonds. The third-order valence-electron chi connectivity index (χ3n) is 3.64. The minimum Gasteiger partial charge on any atom is -0.450 e. The lowest BCUT2D eigenvalue weighted by Crippen LogP contribution is -2.44. The molecule has 2 N–H and O–H groups in total. The number of nitrogens with one attached hydrogen (secondary N) is 2.